The molecular weight excluding hydrogens is 128 g/mol. The number of hydrogen-bond acceptors (Lipinski definition) is 1. The molecule has 2 heteroatoms. The van der Waals surface area contributed by atoms with Gasteiger partial charge in [0.25, 0.3) is 0 Å². The van der Waals surface area contributed by atoms with Gasteiger partial charge in [0.2, 0.25) is 0 Å². The van der Waals surface area contributed by atoms with Crippen LogP contribution in [-0.2, 0) is 4.79 Å². The van der Waals surface area contributed by atoms with Gasteiger partial charge in [-0.1, -0.05) is 6.42 Å². The van der Waals surface area contributed by atoms with Crippen LogP contribution in [-0.4, -0.2) is 11.1 Å². The van der Waals surface area contributed by atoms with Crippen LogP contribution in [0.25, 0.3) is 0 Å². The Morgan fingerprint density at radius 2 is 2.40 bits per heavy atom. The Bertz CT molecular complexity index is 198. The van der Waals surface area contributed by atoms with Crippen molar-refractivity contribution in [1.29, 1.82) is 0 Å². The zero-order valence-electron chi connectivity index (χ0n) is 6.84. The molecule has 0 saturated heterocycles. The van der Waals surface area contributed by atoms with Crippen molar-refractivity contribution in [1.82, 2.24) is 0 Å². The Hall–Kier alpha value is -0.530. The van der Waals surface area contributed by atoms with E-state index >= 15 is 0 Å². The van der Waals surface area contributed by atoms with Gasteiger partial charge in [-0.15, -0.1) is 0 Å². The minimum Gasteiger partial charge on any atom is -0.481 e. The zero-order valence-corrected chi connectivity index (χ0v) is 5.84. The van der Waals surface area contributed by atoms with Crippen LogP contribution >= 0.6 is 0 Å². The Morgan fingerprint density at radius 3 is 2.70 bits per heavy atom. The number of aliphatic carboxylic acids is 1. The van der Waals surface area contributed by atoms with Crippen molar-refractivity contribution in [3.63, 3.8) is 0 Å². The van der Waals surface area contributed by atoms with E-state index in [4.69, 9.17) is 6.48 Å². The van der Waals surface area contributed by atoms with Crippen LogP contribution in [0, 0.1) is 11.3 Å². The Morgan fingerprint density at radius 1 is 1.70 bits per heavy atom. The maximum Gasteiger partial charge on any atom is 0.306 e. The average molecular weight is 141 g/mol. The van der Waals surface area contributed by atoms with Crippen molar-refractivity contribution in [3.8, 4) is 0 Å². The predicted molar refractivity (Wildman–Crippen MR) is 36.6 cm³/mol. The number of carbonyl (C=O) groups is 1. The molecule has 0 aromatic rings. The van der Waals surface area contributed by atoms with Gasteiger partial charge in [0.1, 0.15) is 0 Å². The summed E-state index contributed by atoms with van der Waals surface area (Å²) >= 11 is 0. The summed E-state index contributed by atoms with van der Waals surface area (Å²) in [6.45, 7) is 0. The van der Waals surface area contributed by atoms with Gasteiger partial charge in [0.15, 0.2) is 0 Å². The first kappa shape index (κ1) is 5.16. The summed E-state index contributed by atoms with van der Waals surface area (Å²) in [6.07, 6.45) is 3.82. The second-order valence-electron chi connectivity index (χ2n) is 3.53. The highest BCUT2D eigenvalue weighted by Crippen LogP contribution is 2.58. The maximum atomic E-state index is 10.5. The quantitative estimate of drug-likeness (QED) is 0.602. The van der Waals surface area contributed by atoms with Gasteiger partial charge in [-0.05, 0) is 31.1 Å². The Kier molecular flexibility index (Phi) is 0.900. The molecule has 2 atom stereocenters. The van der Waals surface area contributed by atoms with E-state index in [1.807, 2.05) is 0 Å². The molecule has 0 aromatic heterocycles. The molecule has 10 heavy (non-hydrogen) atoms. The summed E-state index contributed by atoms with van der Waals surface area (Å²) in [6, 6.07) is 0. The second-order valence-corrected chi connectivity index (χ2v) is 3.53. The lowest BCUT2D eigenvalue weighted by Crippen LogP contribution is -2.45. The summed E-state index contributed by atoms with van der Waals surface area (Å²) < 4.78 is 7.63. The molecule has 0 heterocycles. The van der Waals surface area contributed by atoms with Crippen LogP contribution in [0.3, 0.4) is 0 Å². The molecule has 1 spiro atoms. The van der Waals surface area contributed by atoms with Gasteiger partial charge in [-0.3, -0.25) is 4.79 Å². The van der Waals surface area contributed by atoms with Crippen molar-refractivity contribution in [3.05, 3.63) is 0 Å². The van der Waals surface area contributed by atoms with Crippen LogP contribution in [0.5, 0.6) is 0 Å². The lowest BCUT2D eigenvalue weighted by Gasteiger charge is -2.52. The molecular formula is C8H12O2. The SMILES string of the molecule is [2H]C1C(C(=O)O)CC12CCC2. The minimum absolute atomic E-state index is 0.142. The molecule has 2 rings (SSSR count). The van der Waals surface area contributed by atoms with E-state index in [0.717, 1.165) is 19.3 Å². The fourth-order valence-electron chi connectivity index (χ4n) is 1.99. The van der Waals surface area contributed by atoms with Crippen molar-refractivity contribution >= 4 is 5.97 Å². The highest BCUT2D eigenvalue weighted by Gasteiger charge is 2.50. The van der Waals surface area contributed by atoms with E-state index in [1.165, 1.54) is 6.42 Å². The van der Waals surface area contributed by atoms with Crippen LogP contribution in [0.4, 0.5) is 0 Å². The summed E-state index contributed by atoms with van der Waals surface area (Å²) in [4.78, 5) is 10.5. The Labute approximate surface area is 61.6 Å². The summed E-state index contributed by atoms with van der Waals surface area (Å²) in [5.74, 6) is -1.14. The van der Waals surface area contributed by atoms with Crippen molar-refractivity contribution in [2.24, 2.45) is 11.3 Å². The first-order chi connectivity index (χ1) is 5.16. The standard InChI is InChI=1S/C8H12O2/c9-7(10)6-4-8(5-6)2-1-3-8/h6H,1-5H2,(H,9,10)/i4D. The lowest BCUT2D eigenvalue weighted by molar-refractivity contribution is -0.154. The normalized spacial score (nSPS) is 43.4. The van der Waals surface area contributed by atoms with Crippen LogP contribution in [0.2, 0.25) is 0 Å². The van der Waals surface area contributed by atoms with Crippen LogP contribution in [0.15, 0.2) is 0 Å². The molecule has 2 fully saturated rings. The summed E-state index contributed by atoms with van der Waals surface area (Å²) in [5.41, 5.74) is 0.142. The third kappa shape index (κ3) is 0.678. The Balaban J connectivity index is 2.00. The number of carboxylic acid groups (broad SMARTS) is 1. The molecule has 2 unspecified atom stereocenters. The first-order valence-corrected chi connectivity index (χ1v) is 3.81. The number of hydrogen-bond donors (Lipinski definition) is 1. The molecule has 56 valence electrons. The topological polar surface area (TPSA) is 37.3 Å². The van der Waals surface area contributed by atoms with Gasteiger partial charge in [0, 0.05) is 1.37 Å². The maximum absolute atomic E-state index is 10.5. The van der Waals surface area contributed by atoms with Crippen LogP contribution < -0.4 is 0 Å². The minimum atomic E-state index is -0.775. The van der Waals surface area contributed by atoms with Gasteiger partial charge >= 0.3 is 5.97 Å². The van der Waals surface area contributed by atoms with E-state index < -0.39 is 5.97 Å². The molecule has 2 saturated carbocycles. The van der Waals surface area contributed by atoms with Gasteiger partial charge in [-0.2, -0.15) is 0 Å². The summed E-state index contributed by atoms with van der Waals surface area (Å²) in [7, 11) is 0. The molecule has 0 aliphatic heterocycles. The molecule has 2 aliphatic rings. The van der Waals surface area contributed by atoms with Crippen molar-refractivity contribution in [2.45, 2.75) is 32.1 Å². The van der Waals surface area contributed by atoms with Crippen molar-refractivity contribution < 1.29 is 11.3 Å². The fraction of sp³-hybridized carbons (Fsp3) is 0.875. The predicted octanol–water partition coefficient (Wildman–Crippen LogP) is 1.65. The van der Waals surface area contributed by atoms with Gasteiger partial charge in [-0.25, -0.2) is 0 Å². The van der Waals surface area contributed by atoms with Crippen molar-refractivity contribution in [2.75, 3.05) is 0 Å². The van der Waals surface area contributed by atoms with E-state index in [2.05, 4.69) is 0 Å². The lowest BCUT2D eigenvalue weighted by atomic mass is 9.52. The molecule has 0 aromatic carbocycles. The number of carboxylic acids is 1. The molecule has 0 amide bonds. The molecule has 0 radical (unpaired) electrons. The zero-order chi connectivity index (χ0) is 8.06. The largest absolute Gasteiger partial charge is 0.481 e. The highest BCUT2D eigenvalue weighted by molar-refractivity contribution is 5.71. The highest BCUT2D eigenvalue weighted by atomic mass is 16.4. The van der Waals surface area contributed by atoms with E-state index in [1.54, 1.807) is 0 Å². The average Bonchev–Trinajstić information content (AvgIpc) is 1.80. The monoisotopic (exact) mass is 141 g/mol. The molecule has 2 aliphatic carbocycles. The molecule has 1 N–H and O–H groups in total. The number of rotatable bonds is 1. The second kappa shape index (κ2) is 1.74. The molecule has 2 nitrogen and oxygen atoms in total. The third-order valence-corrected chi connectivity index (χ3v) is 2.85. The summed E-state index contributed by atoms with van der Waals surface area (Å²) in [5, 5.41) is 8.64. The molecule has 0 bridgehead atoms. The van der Waals surface area contributed by atoms with Gasteiger partial charge < -0.3 is 5.11 Å². The van der Waals surface area contributed by atoms with E-state index in [0.29, 0.717) is 0 Å². The van der Waals surface area contributed by atoms with Gasteiger partial charge in [0.05, 0.1) is 5.92 Å². The first-order valence-electron chi connectivity index (χ1n) is 4.38. The smallest absolute Gasteiger partial charge is 0.306 e. The fourth-order valence-corrected chi connectivity index (χ4v) is 1.99. The van der Waals surface area contributed by atoms with E-state index in [9.17, 15) is 4.79 Å². The van der Waals surface area contributed by atoms with Crippen LogP contribution in [0.1, 0.15) is 33.5 Å². The third-order valence-electron chi connectivity index (χ3n) is 2.85. The van der Waals surface area contributed by atoms with E-state index in [-0.39, 0.29) is 17.7 Å².